The average molecular weight is 276 g/mol. The van der Waals surface area contributed by atoms with Gasteiger partial charge in [-0.25, -0.2) is 9.59 Å². The number of amides is 3. The van der Waals surface area contributed by atoms with E-state index in [2.05, 4.69) is 0 Å². The lowest BCUT2D eigenvalue weighted by Crippen LogP contribution is -2.42. The molecule has 2 rings (SSSR count). The minimum Gasteiger partial charge on any atom is -0.449 e. The first kappa shape index (κ1) is 14.0. The van der Waals surface area contributed by atoms with Crippen LogP contribution in [0.15, 0.2) is 18.2 Å². The Labute approximate surface area is 116 Å². The minimum absolute atomic E-state index is 0.407. The van der Waals surface area contributed by atoms with Crippen LogP contribution in [0.1, 0.15) is 34.8 Å². The number of urea groups is 1. The normalized spacial score (nSPS) is 14.2. The SMILES string of the molecule is C[C@@H](OC(=O)c1ccc2c(c1)CCC2)C(=O)NC(N)=O. The first-order valence-electron chi connectivity index (χ1n) is 6.40. The van der Waals surface area contributed by atoms with Crippen LogP contribution in [0, 0.1) is 0 Å². The molecule has 1 aliphatic carbocycles. The van der Waals surface area contributed by atoms with Gasteiger partial charge >= 0.3 is 12.0 Å². The van der Waals surface area contributed by atoms with Gasteiger partial charge in [0.05, 0.1) is 5.56 Å². The van der Waals surface area contributed by atoms with Crippen LogP contribution in [-0.2, 0) is 22.4 Å². The Balaban J connectivity index is 2.01. The Hall–Kier alpha value is -2.37. The molecule has 0 spiro atoms. The van der Waals surface area contributed by atoms with Crippen LogP contribution in [0.3, 0.4) is 0 Å². The Morgan fingerprint density at radius 3 is 2.65 bits per heavy atom. The van der Waals surface area contributed by atoms with Crippen LogP contribution in [0.4, 0.5) is 4.79 Å². The standard InChI is InChI=1S/C14H16N2O4/c1-8(12(17)16-14(15)19)20-13(18)11-6-5-9-3-2-4-10(9)7-11/h5-8H,2-4H2,1H3,(H3,15,16,17,19)/t8-/m1/s1. The second kappa shape index (κ2) is 5.73. The number of fused-ring (bicyclic) bond motifs is 1. The molecule has 0 heterocycles. The summed E-state index contributed by atoms with van der Waals surface area (Å²) < 4.78 is 5.00. The molecule has 106 valence electrons. The maximum Gasteiger partial charge on any atom is 0.338 e. The summed E-state index contributed by atoms with van der Waals surface area (Å²) in [6.07, 6.45) is 1.99. The minimum atomic E-state index is -1.08. The van der Waals surface area contributed by atoms with Gasteiger partial charge in [-0.05, 0) is 49.4 Å². The molecule has 1 aliphatic rings. The summed E-state index contributed by atoms with van der Waals surface area (Å²) >= 11 is 0. The smallest absolute Gasteiger partial charge is 0.338 e. The molecule has 0 fully saturated rings. The summed E-state index contributed by atoms with van der Waals surface area (Å²) in [7, 11) is 0. The monoisotopic (exact) mass is 276 g/mol. The summed E-state index contributed by atoms with van der Waals surface area (Å²) in [6.45, 7) is 1.38. The maximum absolute atomic E-state index is 11.9. The molecule has 0 radical (unpaired) electrons. The van der Waals surface area contributed by atoms with Crippen molar-refractivity contribution in [1.82, 2.24) is 5.32 Å². The zero-order chi connectivity index (χ0) is 14.7. The number of primary amides is 1. The number of carbonyl (C=O) groups excluding carboxylic acids is 3. The number of carbonyl (C=O) groups is 3. The highest BCUT2D eigenvalue weighted by molar-refractivity contribution is 5.98. The zero-order valence-corrected chi connectivity index (χ0v) is 11.1. The van der Waals surface area contributed by atoms with Crippen LogP contribution in [0.25, 0.3) is 0 Å². The number of hydrogen-bond donors (Lipinski definition) is 2. The van der Waals surface area contributed by atoms with Gasteiger partial charge in [0, 0.05) is 0 Å². The van der Waals surface area contributed by atoms with Crippen molar-refractivity contribution in [3.63, 3.8) is 0 Å². The molecule has 0 saturated carbocycles. The molecule has 6 heteroatoms. The summed E-state index contributed by atoms with van der Waals surface area (Å²) in [5, 5.41) is 1.86. The van der Waals surface area contributed by atoms with Gasteiger partial charge in [0.1, 0.15) is 0 Å². The van der Waals surface area contributed by atoms with Gasteiger partial charge in [-0.15, -0.1) is 0 Å². The van der Waals surface area contributed by atoms with E-state index in [0.717, 1.165) is 24.8 Å². The van der Waals surface area contributed by atoms with Gasteiger partial charge in [0.25, 0.3) is 5.91 Å². The van der Waals surface area contributed by atoms with E-state index >= 15 is 0 Å². The summed E-state index contributed by atoms with van der Waals surface area (Å²) in [5.41, 5.74) is 7.63. The predicted octanol–water partition coefficient (Wildman–Crippen LogP) is 0.916. The fourth-order valence-electron chi connectivity index (χ4n) is 2.20. The highest BCUT2D eigenvalue weighted by Crippen LogP contribution is 2.23. The van der Waals surface area contributed by atoms with Crippen LogP contribution in [0.2, 0.25) is 0 Å². The Kier molecular flexibility index (Phi) is 4.02. The van der Waals surface area contributed by atoms with Crippen molar-refractivity contribution < 1.29 is 19.1 Å². The molecule has 1 aromatic carbocycles. The third-order valence-electron chi connectivity index (χ3n) is 3.23. The first-order chi connectivity index (χ1) is 9.47. The van der Waals surface area contributed by atoms with Crippen LogP contribution < -0.4 is 11.1 Å². The number of nitrogens with two attached hydrogens (primary N) is 1. The number of nitrogens with one attached hydrogen (secondary N) is 1. The molecule has 6 nitrogen and oxygen atoms in total. The van der Waals surface area contributed by atoms with Crippen molar-refractivity contribution in [2.75, 3.05) is 0 Å². The third kappa shape index (κ3) is 3.14. The van der Waals surface area contributed by atoms with Gasteiger partial charge in [-0.3, -0.25) is 10.1 Å². The Bertz CT molecular complexity index is 568. The summed E-state index contributed by atoms with van der Waals surface area (Å²) in [5.74, 6) is -1.33. The molecule has 1 atom stereocenters. The topological polar surface area (TPSA) is 98.5 Å². The van der Waals surface area contributed by atoms with Crippen molar-refractivity contribution in [3.8, 4) is 0 Å². The van der Waals surface area contributed by atoms with Crippen molar-refractivity contribution in [3.05, 3.63) is 34.9 Å². The highest BCUT2D eigenvalue weighted by Gasteiger charge is 2.21. The van der Waals surface area contributed by atoms with Gasteiger partial charge in [-0.1, -0.05) is 6.07 Å². The van der Waals surface area contributed by atoms with Crippen LogP contribution >= 0.6 is 0 Å². The number of aryl methyl sites for hydroxylation is 2. The molecular weight excluding hydrogens is 260 g/mol. The number of esters is 1. The predicted molar refractivity (Wildman–Crippen MR) is 71.1 cm³/mol. The number of imide groups is 1. The van der Waals surface area contributed by atoms with Crippen molar-refractivity contribution >= 4 is 17.9 Å². The van der Waals surface area contributed by atoms with Crippen molar-refractivity contribution in [2.24, 2.45) is 5.73 Å². The van der Waals surface area contributed by atoms with Crippen LogP contribution in [-0.4, -0.2) is 24.0 Å². The number of hydrogen-bond acceptors (Lipinski definition) is 4. The van der Waals surface area contributed by atoms with Gasteiger partial charge < -0.3 is 10.5 Å². The van der Waals surface area contributed by atoms with Gasteiger partial charge in [0.15, 0.2) is 6.10 Å². The molecule has 0 aliphatic heterocycles. The quantitative estimate of drug-likeness (QED) is 0.802. The fraction of sp³-hybridized carbons (Fsp3) is 0.357. The lowest BCUT2D eigenvalue weighted by molar-refractivity contribution is -0.127. The fourth-order valence-corrected chi connectivity index (χ4v) is 2.20. The largest absolute Gasteiger partial charge is 0.449 e. The molecule has 0 bridgehead atoms. The van der Waals surface area contributed by atoms with Crippen molar-refractivity contribution in [2.45, 2.75) is 32.3 Å². The molecule has 0 saturated heterocycles. The van der Waals surface area contributed by atoms with E-state index in [0.29, 0.717) is 5.56 Å². The van der Waals surface area contributed by atoms with E-state index in [1.165, 1.54) is 12.5 Å². The molecule has 0 aromatic heterocycles. The van der Waals surface area contributed by atoms with E-state index in [-0.39, 0.29) is 0 Å². The molecule has 1 aromatic rings. The lowest BCUT2D eigenvalue weighted by Gasteiger charge is -2.12. The molecule has 3 amide bonds. The molecule has 20 heavy (non-hydrogen) atoms. The van der Waals surface area contributed by atoms with E-state index < -0.39 is 24.0 Å². The number of rotatable bonds is 3. The highest BCUT2D eigenvalue weighted by atomic mass is 16.5. The third-order valence-corrected chi connectivity index (χ3v) is 3.23. The van der Waals surface area contributed by atoms with E-state index in [1.807, 2.05) is 11.4 Å². The zero-order valence-electron chi connectivity index (χ0n) is 11.1. The maximum atomic E-state index is 11.9. The van der Waals surface area contributed by atoms with Gasteiger partial charge in [0.2, 0.25) is 0 Å². The second-order valence-electron chi connectivity index (χ2n) is 4.74. The molecule has 3 N–H and O–H groups in total. The lowest BCUT2D eigenvalue weighted by atomic mass is 10.1. The van der Waals surface area contributed by atoms with Crippen molar-refractivity contribution in [1.29, 1.82) is 0 Å². The number of benzene rings is 1. The summed E-state index contributed by atoms with van der Waals surface area (Å²) in [4.78, 5) is 33.9. The molecular formula is C14H16N2O4. The Morgan fingerprint density at radius 2 is 1.95 bits per heavy atom. The second-order valence-corrected chi connectivity index (χ2v) is 4.74. The van der Waals surface area contributed by atoms with Crippen LogP contribution in [0.5, 0.6) is 0 Å². The van der Waals surface area contributed by atoms with E-state index in [9.17, 15) is 14.4 Å². The first-order valence-corrected chi connectivity index (χ1v) is 6.40. The van der Waals surface area contributed by atoms with E-state index in [1.54, 1.807) is 12.1 Å². The Morgan fingerprint density at radius 1 is 1.25 bits per heavy atom. The average Bonchev–Trinajstić information content (AvgIpc) is 2.84. The summed E-state index contributed by atoms with van der Waals surface area (Å²) in [6, 6.07) is 4.41. The number of ether oxygens (including phenoxy) is 1. The molecule has 0 unspecified atom stereocenters. The van der Waals surface area contributed by atoms with Gasteiger partial charge in [-0.2, -0.15) is 0 Å². The van der Waals surface area contributed by atoms with E-state index in [4.69, 9.17) is 10.5 Å².